The van der Waals surface area contributed by atoms with E-state index >= 15 is 0 Å². The second-order valence-corrected chi connectivity index (χ2v) is 4.42. The second kappa shape index (κ2) is 4.88. The summed E-state index contributed by atoms with van der Waals surface area (Å²) in [5, 5.41) is 16.3. The maximum absolute atomic E-state index is 8.91. The molecule has 0 aromatic carbocycles. The van der Waals surface area contributed by atoms with E-state index in [9.17, 15) is 0 Å². The van der Waals surface area contributed by atoms with Gasteiger partial charge in [0.05, 0.1) is 23.5 Å². The molecule has 18 heavy (non-hydrogen) atoms. The van der Waals surface area contributed by atoms with E-state index in [1.807, 2.05) is 17.8 Å². The molecule has 1 N–H and O–H groups in total. The molecule has 0 bridgehead atoms. The van der Waals surface area contributed by atoms with Crippen molar-refractivity contribution in [3.63, 3.8) is 0 Å². The Morgan fingerprint density at radius 1 is 1.39 bits per heavy atom. The summed E-state index contributed by atoms with van der Waals surface area (Å²) in [5.41, 5.74) is 2.28. The van der Waals surface area contributed by atoms with Gasteiger partial charge in [-0.2, -0.15) is 10.4 Å². The average molecular weight is 241 g/mol. The fraction of sp³-hybridized carbons (Fsp3) is 0.308. The molecule has 0 radical (unpaired) electrons. The van der Waals surface area contributed by atoms with Gasteiger partial charge < -0.3 is 5.32 Å². The van der Waals surface area contributed by atoms with E-state index in [1.165, 1.54) is 0 Å². The van der Waals surface area contributed by atoms with E-state index in [0.29, 0.717) is 17.4 Å². The zero-order valence-corrected chi connectivity index (χ0v) is 10.7. The number of anilines is 2. The van der Waals surface area contributed by atoms with Crippen LogP contribution in [0.3, 0.4) is 0 Å². The Bertz CT molecular complexity index is 592. The minimum Gasteiger partial charge on any atom is -0.338 e. The Hall–Kier alpha value is -2.35. The Morgan fingerprint density at radius 2 is 2.17 bits per heavy atom. The van der Waals surface area contributed by atoms with Crippen LogP contribution in [-0.2, 0) is 0 Å². The minimum absolute atomic E-state index is 0.320. The molecule has 0 aliphatic carbocycles. The highest BCUT2D eigenvalue weighted by atomic mass is 15.3. The van der Waals surface area contributed by atoms with Crippen molar-refractivity contribution in [3.05, 3.63) is 35.8 Å². The van der Waals surface area contributed by atoms with Crippen molar-refractivity contribution in [1.82, 2.24) is 14.8 Å². The van der Waals surface area contributed by atoms with Gasteiger partial charge in [0.25, 0.3) is 0 Å². The van der Waals surface area contributed by atoms with Crippen molar-refractivity contribution in [2.24, 2.45) is 0 Å². The van der Waals surface area contributed by atoms with Gasteiger partial charge in [0.2, 0.25) is 0 Å². The number of nitrogens with one attached hydrogen (secondary N) is 1. The third-order valence-electron chi connectivity index (χ3n) is 2.49. The summed E-state index contributed by atoms with van der Waals surface area (Å²) in [6.07, 6.45) is 3.66. The van der Waals surface area contributed by atoms with Crippen LogP contribution in [0.15, 0.2) is 24.5 Å². The average Bonchev–Trinajstić information content (AvgIpc) is 2.76. The molecular weight excluding hydrogens is 226 g/mol. The molecule has 0 spiro atoms. The van der Waals surface area contributed by atoms with Crippen molar-refractivity contribution in [2.45, 2.75) is 26.8 Å². The predicted octanol–water partition coefficient (Wildman–Crippen LogP) is 2.78. The normalized spacial score (nSPS) is 10.4. The standard InChI is InChI=1S/C13H15N5/c1-9(2)18-8-12(7-15-18)17-13-5-11(6-14)4-10(3)16-13/h4-5,7-9H,1-3H3,(H,16,17). The lowest BCUT2D eigenvalue weighted by Crippen LogP contribution is -2.00. The molecular formula is C13H15N5. The van der Waals surface area contributed by atoms with E-state index in [-0.39, 0.29) is 0 Å². The van der Waals surface area contributed by atoms with E-state index in [1.54, 1.807) is 18.3 Å². The number of hydrogen-bond donors (Lipinski definition) is 1. The Labute approximate surface area is 106 Å². The summed E-state index contributed by atoms with van der Waals surface area (Å²) in [5.74, 6) is 0.662. The Balaban J connectivity index is 2.23. The lowest BCUT2D eigenvalue weighted by Gasteiger charge is -2.05. The van der Waals surface area contributed by atoms with Gasteiger partial charge in [0.1, 0.15) is 5.82 Å². The van der Waals surface area contributed by atoms with Crippen molar-refractivity contribution < 1.29 is 0 Å². The molecule has 0 aliphatic heterocycles. The third-order valence-corrected chi connectivity index (χ3v) is 2.49. The van der Waals surface area contributed by atoms with Crippen LogP contribution in [0.4, 0.5) is 11.5 Å². The molecule has 0 saturated carbocycles. The highest BCUT2D eigenvalue weighted by molar-refractivity contribution is 5.56. The van der Waals surface area contributed by atoms with Gasteiger partial charge in [-0.25, -0.2) is 4.98 Å². The molecule has 2 aromatic rings. The van der Waals surface area contributed by atoms with Gasteiger partial charge in [-0.05, 0) is 32.9 Å². The lowest BCUT2D eigenvalue weighted by molar-refractivity contribution is 0.532. The number of aryl methyl sites for hydroxylation is 1. The molecule has 92 valence electrons. The summed E-state index contributed by atoms with van der Waals surface area (Å²) in [7, 11) is 0. The third kappa shape index (κ3) is 2.66. The Morgan fingerprint density at radius 3 is 2.78 bits per heavy atom. The largest absolute Gasteiger partial charge is 0.338 e. The first-order chi connectivity index (χ1) is 8.58. The van der Waals surface area contributed by atoms with Gasteiger partial charge >= 0.3 is 0 Å². The van der Waals surface area contributed by atoms with Gasteiger partial charge in [-0.3, -0.25) is 4.68 Å². The van der Waals surface area contributed by atoms with Crippen LogP contribution in [0.5, 0.6) is 0 Å². The number of nitrogens with zero attached hydrogens (tertiary/aromatic N) is 4. The van der Waals surface area contributed by atoms with Crippen molar-refractivity contribution in [1.29, 1.82) is 5.26 Å². The molecule has 0 atom stereocenters. The number of hydrogen-bond acceptors (Lipinski definition) is 4. The van der Waals surface area contributed by atoms with Crippen LogP contribution in [-0.4, -0.2) is 14.8 Å². The number of rotatable bonds is 3. The molecule has 5 nitrogen and oxygen atoms in total. The predicted molar refractivity (Wildman–Crippen MR) is 69.6 cm³/mol. The number of nitriles is 1. The minimum atomic E-state index is 0.320. The summed E-state index contributed by atoms with van der Waals surface area (Å²) >= 11 is 0. The van der Waals surface area contributed by atoms with E-state index in [4.69, 9.17) is 5.26 Å². The van der Waals surface area contributed by atoms with E-state index in [0.717, 1.165) is 11.4 Å². The number of aromatic nitrogens is 3. The van der Waals surface area contributed by atoms with Crippen LogP contribution in [0.25, 0.3) is 0 Å². The van der Waals surface area contributed by atoms with Crippen LogP contribution >= 0.6 is 0 Å². The highest BCUT2D eigenvalue weighted by Crippen LogP contribution is 2.17. The summed E-state index contributed by atoms with van der Waals surface area (Å²) in [6, 6.07) is 5.91. The van der Waals surface area contributed by atoms with Crippen molar-refractivity contribution >= 4 is 11.5 Å². The molecule has 0 amide bonds. The lowest BCUT2D eigenvalue weighted by atomic mass is 10.2. The molecule has 2 rings (SSSR count). The molecule has 0 fully saturated rings. The summed E-state index contributed by atoms with van der Waals surface area (Å²) in [6.45, 7) is 5.99. The molecule has 2 aromatic heterocycles. The summed E-state index contributed by atoms with van der Waals surface area (Å²) < 4.78 is 1.86. The van der Waals surface area contributed by atoms with Crippen molar-refractivity contribution in [2.75, 3.05) is 5.32 Å². The van der Waals surface area contributed by atoms with Gasteiger partial charge in [-0.1, -0.05) is 0 Å². The molecule has 5 heteroatoms. The highest BCUT2D eigenvalue weighted by Gasteiger charge is 2.04. The summed E-state index contributed by atoms with van der Waals surface area (Å²) in [4.78, 5) is 4.33. The monoisotopic (exact) mass is 241 g/mol. The number of pyridine rings is 1. The van der Waals surface area contributed by atoms with Gasteiger partial charge in [0, 0.05) is 17.9 Å². The molecule has 0 unspecified atom stereocenters. The zero-order valence-electron chi connectivity index (χ0n) is 10.7. The zero-order chi connectivity index (χ0) is 13.1. The second-order valence-electron chi connectivity index (χ2n) is 4.42. The molecule has 0 aliphatic rings. The molecule has 2 heterocycles. The fourth-order valence-electron chi connectivity index (χ4n) is 1.63. The van der Waals surface area contributed by atoms with E-state index in [2.05, 4.69) is 35.3 Å². The first kappa shape index (κ1) is 12.1. The van der Waals surface area contributed by atoms with Crippen LogP contribution < -0.4 is 5.32 Å². The smallest absolute Gasteiger partial charge is 0.132 e. The maximum atomic E-state index is 8.91. The molecule has 0 saturated heterocycles. The SMILES string of the molecule is Cc1cc(C#N)cc(Nc2cnn(C(C)C)c2)n1. The van der Waals surface area contributed by atoms with Gasteiger partial charge in [0.15, 0.2) is 0 Å². The van der Waals surface area contributed by atoms with Gasteiger partial charge in [-0.15, -0.1) is 0 Å². The fourth-order valence-corrected chi connectivity index (χ4v) is 1.63. The van der Waals surface area contributed by atoms with Crippen LogP contribution in [0.1, 0.15) is 31.1 Å². The maximum Gasteiger partial charge on any atom is 0.132 e. The topological polar surface area (TPSA) is 66.5 Å². The van der Waals surface area contributed by atoms with Crippen LogP contribution in [0.2, 0.25) is 0 Å². The quantitative estimate of drug-likeness (QED) is 0.897. The van der Waals surface area contributed by atoms with E-state index < -0.39 is 0 Å². The Kier molecular flexibility index (Phi) is 3.28. The van der Waals surface area contributed by atoms with Crippen LogP contribution in [0, 0.1) is 18.3 Å². The first-order valence-electron chi connectivity index (χ1n) is 5.78. The first-order valence-corrected chi connectivity index (χ1v) is 5.78. The van der Waals surface area contributed by atoms with Crippen molar-refractivity contribution in [3.8, 4) is 6.07 Å².